The molecule has 0 atom stereocenters. The van der Waals surface area contributed by atoms with Crippen molar-refractivity contribution in [2.24, 2.45) is 4.99 Å². The van der Waals surface area contributed by atoms with Crippen LogP contribution in [0.5, 0.6) is 5.75 Å². The molecule has 0 amide bonds. The molecule has 1 aromatic carbocycles. The highest BCUT2D eigenvalue weighted by Crippen LogP contribution is 2.23. The van der Waals surface area contributed by atoms with Crippen LogP contribution in [0.4, 0.5) is 8.78 Å². The summed E-state index contributed by atoms with van der Waals surface area (Å²) in [7, 11) is 0. The van der Waals surface area contributed by atoms with Gasteiger partial charge in [0.15, 0.2) is 5.96 Å². The Morgan fingerprint density at radius 1 is 1.26 bits per heavy atom. The Kier molecular flexibility index (Phi) is 10.3. The minimum Gasteiger partial charge on any atom is -0.507 e. The van der Waals surface area contributed by atoms with Gasteiger partial charge in [0.05, 0.1) is 13.1 Å². The Labute approximate surface area is 177 Å². The number of aliphatic imine (C=N–C) groups is 1. The number of alkyl halides is 2. The Balaban J connectivity index is 0.00000364. The van der Waals surface area contributed by atoms with Gasteiger partial charge in [-0.1, -0.05) is 12.1 Å². The topological polar surface area (TPSA) is 59.9 Å². The Hall–Kier alpha value is -1.16. The number of nitrogens with one attached hydrogen (secondary N) is 2. The van der Waals surface area contributed by atoms with Gasteiger partial charge in [-0.2, -0.15) is 0 Å². The summed E-state index contributed by atoms with van der Waals surface area (Å²) in [6.07, 6.45) is -0.612. The van der Waals surface area contributed by atoms with E-state index in [9.17, 15) is 13.9 Å². The Bertz CT molecular complexity index is 597. The third-order valence-corrected chi connectivity index (χ3v) is 4.64. The molecule has 154 valence electrons. The molecule has 0 unspecified atom stereocenters. The lowest BCUT2D eigenvalue weighted by Crippen LogP contribution is -2.49. The van der Waals surface area contributed by atoms with Crippen molar-refractivity contribution in [3.8, 4) is 5.75 Å². The van der Waals surface area contributed by atoms with E-state index in [1.807, 2.05) is 37.8 Å². The van der Waals surface area contributed by atoms with Crippen LogP contribution in [0.2, 0.25) is 0 Å². The smallest absolute Gasteiger partial charge is 0.251 e. The predicted octanol–water partition coefficient (Wildman–Crippen LogP) is 3.41. The van der Waals surface area contributed by atoms with E-state index in [4.69, 9.17) is 0 Å². The third kappa shape index (κ3) is 7.77. The number of halogens is 3. The van der Waals surface area contributed by atoms with Crippen molar-refractivity contribution in [3.63, 3.8) is 0 Å². The quantitative estimate of drug-likeness (QED) is 0.321. The van der Waals surface area contributed by atoms with E-state index in [0.29, 0.717) is 25.4 Å². The van der Waals surface area contributed by atoms with Gasteiger partial charge in [-0.15, -0.1) is 24.0 Å². The fourth-order valence-corrected chi connectivity index (χ4v) is 3.28. The maximum Gasteiger partial charge on any atom is 0.251 e. The number of phenols is 1. The summed E-state index contributed by atoms with van der Waals surface area (Å²) in [4.78, 5) is 6.45. The molecule has 1 heterocycles. The molecule has 1 aromatic rings. The summed E-state index contributed by atoms with van der Waals surface area (Å²) in [5.41, 5.74) is 2.74. The van der Waals surface area contributed by atoms with Crippen LogP contribution < -0.4 is 10.6 Å². The van der Waals surface area contributed by atoms with Gasteiger partial charge in [-0.25, -0.2) is 13.8 Å². The van der Waals surface area contributed by atoms with Gasteiger partial charge < -0.3 is 15.7 Å². The van der Waals surface area contributed by atoms with Crippen LogP contribution in [0, 0.1) is 13.8 Å². The average Bonchev–Trinajstić information content (AvgIpc) is 2.59. The largest absolute Gasteiger partial charge is 0.507 e. The van der Waals surface area contributed by atoms with Crippen molar-refractivity contribution in [2.75, 3.05) is 26.2 Å². The Morgan fingerprint density at radius 2 is 1.85 bits per heavy atom. The number of guanidine groups is 1. The lowest BCUT2D eigenvalue weighted by molar-refractivity contribution is 0.0744. The zero-order valence-electron chi connectivity index (χ0n) is 16.3. The van der Waals surface area contributed by atoms with Gasteiger partial charge in [0, 0.05) is 25.7 Å². The molecule has 8 heteroatoms. The summed E-state index contributed by atoms with van der Waals surface area (Å²) in [6, 6.07) is 4.13. The summed E-state index contributed by atoms with van der Waals surface area (Å²) in [5, 5.41) is 16.5. The summed E-state index contributed by atoms with van der Waals surface area (Å²) in [5.74, 6) is 1.07. The van der Waals surface area contributed by atoms with Gasteiger partial charge >= 0.3 is 0 Å². The standard InChI is InChI=1S/C19H30F2N4O.HI/c1-4-22-19(23-11-15-9-13(2)18(26)14(3)10-15)24-16-5-7-25(8-6-16)12-17(20)21;/h9-10,16-17,26H,4-8,11-12H2,1-3H3,(H2,22,23,24);1H. The second-order valence-corrected chi connectivity index (χ2v) is 6.88. The molecule has 1 saturated heterocycles. The number of piperidine rings is 1. The molecular formula is C19H31F2IN4O. The van der Waals surface area contributed by atoms with Crippen LogP contribution in [-0.4, -0.2) is 54.6 Å². The van der Waals surface area contributed by atoms with Gasteiger partial charge in [-0.05, 0) is 50.3 Å². The van der Waals surface area contributed by atoms with E-state index in [-0.39, 0.29) is 36.6 Å². The highest BCUT2D eigenvalue weighted by molar-refractivity contribution is 14.0. The van der Waals surface area contributed by atoms with Gasteiger partial charge in [-0.3, -0.25) is 4.90 Å². The maximum absolute atomic E-state index is 12.5. The lowest BCUT2D eigenvalue weighted by Gasteiger charge is -2.32. The second-order valence-electron chi connectivity index (χ2n) is 6.88. The SMILES string of the molecule is CCNC(=NCc1cc(C)c(O)c(C)c1)NC1CCN(CC(F)F)CC1.I. The average molecular weight is 496 g/mol. The zero-order chi connectivity index (χ0) is 19.1. The van der Waals surface area contributed by atoms with Crippen molar-refractivity contribution >= 4 is 29.9 Å². The first-order valence-electron chi connectivity index (χ1n) is 9.23. The van der Waals surface area contributed by atoms with Crippen LogP contribution in [0.25, 0.3) is 0 Å². The fourth-order valence-electron chi connectivity index (χ4n) is 3.28. The van der Waals surface area contributed by atoms with Crippen molar-refractivity contribution < 1.29 is 13.9 Å². The molecule has 0 radical (unpaired) electrons. The number of aryl methyl sites for hydroxylation is 2. The second kappa shape index (κ2) is 11.6. The molecule has 0 bridgehead atoms. The molecule has 3 N–H and O–H groups in total. The monoisotopic (exact) mass is 496 g/mol. The number of rotatable bonds is 6. The van der Waals surface area contributed by atoms with E-state index < -0.39 is 6.43 Å². The summed E-state index contributed by atoms with van der Waals surface area (Å²) in [6.45, 7) is 8.26. The molecule has 1 aliphatic rings. The van der Waals surface area contributed by atoms with Gasteiger partial charge in [0.25, 0.3) is 6.43 Å². The van der Waals surface area contributed by atoms with E-state index in [2.05, 4.69) is 15.6 Å². The normalized spacial score (nSPS) is 16.3. The summed E-state index contributed by atoms with van der Waals surface area (Å²) < 4.78 is 24.9. The van der Waals surface area contributed by atoms with Crippen LogP contribution in [0.15, 0.2) is 17.1 Å². The number of likely N-dealkylation sites (tertiary alicyclic amines) is 1. The highest BCUT2D eigenvalue weighted by atomic mass is 127. The fraction of sp³-hybridized carbons (Fsp3) is 0.632. The molecule has 0 spiro atoms. The predicted molar refractivity (Wildman–Crippen MR) is 116 cm³/mol. The number of benzene rings is 1. The first-order chi connectivity index (χ1) is 12.4. The van der Waals surface area contributed by atoms with Crippen LogP contribution in [0.1, 0.15) is 36.5 Å². The zero-order valence-corrected chi connectivity index (χ0v) is 18.6. The first kappa shape index (κ1) is 23.9. The minimum absolute atomic E-state index is 0. The molecule has 2 rings (SSSR count). The molecule has 0 aliphatic carbocycles. The van der Waals surface area contributed by atoms with Crippen molar-refractivity contribution in [2.45, 2.75) is 52.6 Å². The number of hydrogen-bond acceptors (Lipinski definition) is 3. The lowest BCUT2D eigenvalue weighted by atomic mass is 10.1. The molecule has 0 saturated carbocycles. The van der Waals surface area contributed by atoms with Crippen molar-refractivity contribution in [1.29, 1.82) is 0 Å². The molecule has 27 heavy (non-hydrogen) atoms. The van der Waals surface area contributed by atoms with E-state index in [1.165, 1.54) is 0 Å². The van der Waals surface area contributed by atoms with E-state index in [0.717, 1.165) is 42.0 Å². The highest BCUT2D eigenvalue weighted by Gasteiger charge is 2.21. The summed E-state index contributed by atoms with van der Waals surface area (Å²) >= 11 is 0. The number of aromatic hydroxyl groups is 1. The van der Waals surface area contributed by atoms with Crippen LogP contribution in [-0.2, 0) is 6.54 Å². The van der Waals surface area contributed by atoms with E-state index in [1.54, 1.807) is 0 Å². The first-order valence-corrected chi connectivity index (χ1v) is 9.23. The molecule has 5 nitrogen and oxygen atoms in total. The van der Waals surface area contributed by atoms with E-state index >= 15 is 0 Å². The van der Waals surface area contributed by atoms with Crippen LogP contribution >= 0.6 is 24.0 Å². The minimum atomic E-state index is -2.27. The van der Waals surface area contributed by atoms with Crippen molar-refractivity contribution in [1.82, 2.24) is 15.5 Å². The maximum atomic E-state index is 12.5. The molecular weight excluding hydrogens is 465 g/mol. The van der Waals surface area contributed by atoms with Gasteiger partial charge in [0.1, 0.15) is 5.75 Å². The number of phenolic OH excluding ortho intramolecular Hbond substituents is 1. The van der Waals surface area contributed by atoms with Crippen molar-refractivity contribution in [3.05, 3.63) is 28.8 Å². The van der Waals surface area contributed by atoms with Crippen LogP contribution in [0.3, 0.4) is 0 Å². The molecule has 1 aliphatic heterocycles. The van der Waals surface area contributed by atoms with Gasteiger partial charge in [0.2, 0.25) is 0 Å². The third-order valence-electron chi connectivity index (χ3n) is 4.64. The molecule has 1 fully saturated rings. The number of nitrogens with zero attached hydrogens (tertiary/aromatic N) is 2. The molecule has 0 aromatic heterocycles. The number of hydrogen-bond donors (Lipinski definition) is 3. The Morgan fingerprint density at radius 3 is 2.37 bits per heavy atom.